The fraction of sp³-hybridized carbons (Fsp3) is 0.500. The summed E-state index contributed by atoms with van der Waals surface area (Å²) in [6, 6.07) is 2.59. The second-order valence-corrected chi connectivity index (χ2v) is 6.52. The molecule has 0 spiro atoms. The Morgan fingerprint density at radius 1 is 1.35 bits per heavy atom. The highest BCUT2D eigenvalue weighted by Crippen LogP contribution is 2.21. The van der Waals surface area contributed by atoms with Crippen molar-refractivity contribution in [2.75, 3.05) is 5.75 Å². The van der Waals surface area contributed by atoms with Gasteiger partial charge < -0.3 is 5.73 Å². The molecule has 0 aliphatic carbocycles. The van der Waals surface area contributed by atoms with Crippen molar-refractivity contribution in [3.05, 3.63) is 29.8 Å². The summed E-state index contributed by atoms with van der Waals surface area (Å²) >= 11 is 0. The molecule has 2 atom stereocenters. The first-order chi connectivity index (χ1) is 7.71. The van der Waals surface area contributed by atoms with Crippen LogP contribution in [0.3, 0.4) is 0 Å². The van der Waals surface area contributed by atoms with E-state index in [1.165, 1.54) is 0 Å². The Balaban J connectivity index is 2.87. The summed E-state index contributed by atoms with van der Waals surface area (Å²) in [5, 5.41) is 0. The van der Waals surface area contributed by atoms with Crippen LogP contribution in [0.2, 0.25) is 0 Å². The van der Waals surface area contributed by atoms with Gasteiger partial charge in [-0.25, -0.2) is 8.78 Å². The third-order valence-electron chi connectivity index (χ3n) is 2.58. The Morgan fingerprint density at radius 2 is 1.94 bits per heavy atom. The molecular formula is C12H17F2NOS. The summed E-state index contributed by atoms with van der Waals surface area (Å²) in [7, 11) is -1.62. The molecule has 0 aliphatic heterocycles. The van der Waals surface area contributed by atoms with Gasteiger partial charge in [0.25, 0.3) is 0 Å². The first kappa shape index (κ1) is 14.3. The van der Waals surface area contributed by atoms with Gasteiger partial charge in [0.15, 0.2) is 0 Å². The molecule has 1 aromatic carbocycles. The lowest BCUT2D eigenvalue weighted by molar-refractivity contribution is 0.342. The van der Waals surface area contributed by atoms with Crippen LogP contribution in [0.5, 0.6) is 0 Å². The fourth-order valence-electron chi connectivity index (χ4n) is 1.15. The molecule has 1 aromatic rings. The number of hydrogen-bond acceptors (Lipinski definition) is 2. The van der Waals surface area contributed by atoms with Crippen LogP contribution in [0.25, 0.3) is 0 Å². The molecule has 0 radical (unpaired) electrons. The number of nitrogens with two attached hydrogens (primary N) is 1. The maximum absolute atomic E-state index is 13.4. The topological polar surface area (TPSA) is 43.1 Å². The van der Waals surface area contributed by atoms with Crippen LogP contribution in [0.4, 0.5) is 8.78 Å². The third-order valence-corrected chi connectivity index (χ3v) is 4.05. The van der Waals surface area contributed by atoms with E-state index < -0.39 is 22.4 Å². The maximum atomic E-state index is 13.4. The zero-order chi connectivity index (χ0) is 13.2. The lowest BCUT2D eigenvalue weighted by Gasteiger charge is -2.26. The quantitative estimate of drug-likeness (QED) is 0.908. The van der Waals surface area contributed by atoms with Gasteiger partial charge in [-0.2, -0.15) is 0 Å². The van der Waals surface area contributed by atoms with E-state index in [1.54, 1.807) is 0 Å². The van der Waals surface area contributed by atoms with E-state index in [1.807, 2.05) is 20.8 Å². The van der Waals surface area contributed by atoms with E-state index in [4.69, 9.17) is 5.73 Å². The van der Waals surface area contributed by atoms with Gasteiger partial charge in [0.05, 0.1) is 15.7 Å². The minimum absolute atomic E-state index is 0.115. The summed E-state index contributed by atoms with van der Waals surface area (Å²) in [6.07, 6.45) is 0. The normalized spacial score (nSPS) is 15.6. The molecule has 1 rings (SSSR count). The van der Waals surface area contributed by atoms with E-state index in [0.29, 0.717) is 0 Å². The molecule has 0 heterocycles. The van der Waals surface area contributed by atoms with Gasteiger partial charge in [-0.15, -0.1) is 0 Å². The molecule has 96 valence electrons. The van der Waals surface area contributed by atoms with Crippen molar-refractivity contribution in [3.63, 3.8) is 0 Å². The maximum Gasteiger partial charge on any atom is 0.139 e. The van der Waals surface area contributed by atoms with Gasteiger partial charge >= 0.3 is 0 Å². The molecule has 17 heavy (non-hydrogen) atoms. The Bertz CT molecular complexity index is 429. The van der Waals surface area contributed by atoms with Gasteiger partial charge in [-0.1, -0.05) is 20.8 Å². The average molecular weight is 261 g/mol. The Hall–Kier alpha value is -0.810. The summed E-state index contributed by atoms with van der Waals surface area (Å²) in [4.78, 5) is -0.121. The fourth-order valence-corrected chi connectivity index (χ4v) is 2.69. The van der Waals surface area contributed by atoms with Crippen LogP contribution in [-0.2, 0) is 10.8 Å². The highest BCUT2D eigenvalue weighted by atomic mass is 32.2. The first-order valence-corrected chi connectivity index (χ1v) is 6.62. The van der Waals surface area contributed by atoms with Crippen molar-refractivity contribution >= 4 is 10.8 Å². The summed E-state index contributed by atoms with van der Waals surface area (Å²) < 4.78 is 38.2. The number of rotatable bonds is 3. The molecule has 0 aromatic heterocycles. The second kappa shape index (κ2) is 5.23. The molecule has 2 N–H and O–H groups in total. The van der Waals surface area contributed by atoms with Crippen LogP contribution in [-0.4, -0.2) is 16.0 Å². The van der Waals surface area contributed by atoms with Crippen molar-refractivity contribution in [1.29, 1.82) is 0 Å². The monoisotopic (exact) mass is 261 g/mol. The number of halogens is 2. The Morgan fingerprint density at radius 3 is 2.47 bits per heavy atom. The van der Waals surface area contributed by atoms with Crippen LogP contribution >= 0.6 is 0 Å². The second-order valence-electron chi connectivity index (χ2n) is 5.06. The molecule has 0 aliphatic rings. The predicted molar refractivity (Wildman–Crippen MR) is 65.1 cm³/mol. The van der Waals surface area contributed by atoms with E-state index in [9.17, 15) is 13.0 Å². The van der Waals surface area contributed by atoms with Gasteiger partial charge in [-0.05, 0) is 23.6 Å². The SMILES string of the molecule is CC(C)(C)C(N)CS(=O)c1cc(F)ccc1F. The molecule has 0 amide bonds. The molecule has 2 nitrogen and oxygen atoms in total. The highest BCUT2D eigenvalue weighted by Gasteiger charge is 2.24. The highest BCUT2D eigenvalue weighted by molar-refractivity contribution is 7.85. The number of benzene rings is 1. The molecule has 2 unspecified atom stereocenters. The molecule has 0 saturated carbocycles. The van der Waals surface area contributed by atoms with Crippen LogP contribution < -0.4 is 5.73 Å². The van der Waals surface area contributed by atoms with Gasteiger partial charge in [-0.3, -0.25) is 4.21 Å². The van der Waals surface area contributed by atoms with E-state index >= 15 is 0 Å². The minimum Gasteiger partial charge on any atom is -0.326 e. The van der Waals surface area contributed by atoms with Crippen molar-refractivity contribution in [3.8, 4) is 0 Å². The van der Waals surface area contributed by atoms with Crippen LogP contribution in [0.15, 0.2) is 23.1 Å². The molecule has 0 fully saturated rings. The average Bonchev–Trinajstić information content (AvgIpc) is 2.20. The molecule has 0 bridgehead atoms. The Kier molecular flexibility index (Phi) is 4.38. The van der Waals surface area contributed by atoms with E-state index in [0.717, 1.165) is 18.2 Å². The smallest absolute Gasteiger partial charge is 0.139 e. The van der Waals surface area contributed by atoms with Crippen molar-refractivity contribution < 1.29 is 13.0 Å². The summed E-state index contributed by atoms with van der Waals surface area (Å²) in [5.74, 6) is -1.14. The van der Waals surface area contributed by atoms with Crippen molar-refractivity contribution in [1.82, 2.24) is 0 Å². The summed E-state index contributed by atoms with van der Waals surface area (Å²) in [5.41, 5.74) is 5.65. The number of hydrogen-bond donors (Lipinski definition) is 1. The predicted octanol–water partition coefficient (Wildman–Crippen LogP) is 2.45. The molecule has 0 saturated heterocycles. The van der Waals surface area contributed by atoms with Gasteiger partial charge in [0, 0.05) is 11.8 Å². The standard InChI is InChI=1S/C12H17F2NOS/c1-12(2,3)11(15)7-17(16)10-6-8(13)4-5-9(10)14/h4-6,11H,7,15H2,1-3H3. The van der Waals surface area contributed by atoms with Gasteiger partial charge in [0.2, 0.25) is 0 Å². The molecule has 5 heteroatoms. The first-order valence-electron chi connectivity index (χ1n) is 5.31. The minimum atomic E-state index is -1.62. The van der Waals surface area contributed by atoms with Crippen molar-refractivity contribution in [2.24, 2.45) is 11.1 Å². The summed E-state index contributed by atoms with van der Waals surface area (Å²) in [6.45, 7) is 5.74. The third kappa shape index (κ3) is 3.85. The van der Waals surface area contributed by atoms with Crippen molar-refractivity contribution in [2.45, 2.75) is 31.7 Å². The van der Waals surface area contributed by atoms with Crippen LogP contribution in [0, 0.1) is 17.0 Å². The lowest BCUT2D eigenvalue weighted by Crippen LogP contribution is -2.39. The van der Waals surface area contributed by atoms with Crippen LogP contribution in [0.1, 0.15) is 20.8 Å². The van der Waals surface area contributed by atoms with E-state index in [2.05, 4.69) is 0 Å². The van der Waals surface area contributed by atoms with Gasteiger partial charge in [0.1, 0.15) is 11.6 Å². The Labute approximate surface area is 103 Å². The largest absolute Gasteiger partial charge is 0.326 e. The lowest BCUT2D eigenvalue weighted by atomic mass is 9.89. The van der Waals surface area contributed by atoms with E-state index in [-0.39, 0.29) is 22.1 Å². The molecular weight excluding hydrogens is 244 g/mol. The zero-order valence-electron chi connectivity index (χ0n) is 10.2. The zero-order valence-corrected chi connectivity index (χ0v) is 11.0.